The van der Waals surface area contributed by atoms with Gasteiger partial charge < -0.3 is 10.3 Å². The predicted molar refractivity (Wildman–Crippen MR) is 60.8 cm³/mol. The van der Waals surface area contributed by atoms with Crippen LogP contribution in [-0.4, -0.2) is 5.16 Å². The molecule has 0 spiro atoms. The summed E-state index contributed by atoms with van der Waals surface area (Å²) in [6.07, 6.45) is 1.59. The Labute approximate surface area is 92.8 Å². The maximum Gasteiger partial charge on any atom is 0.230 e. The zero-order chi connectivity index (χ0) is 11.0. The van der Waals surface area contributed by atoms with Gasteiger partial charge in [-0.3, -0.25) is 0 Å². The van der Waals surface area contributed by atoms with Crippen LogP contribution in [-0.2, 0) is 0 Å². The third kappa shape index (κ3) is 1.59. The van der Waals surface area contributed by atoms with Gasteiger partial charge in [-0.15, -0.1) is 0 Å². The molecule has 2 aromatic rings. The molecule has 0 radical (unpaired) electrons. The van der Waals surface area contributed by atoms with E-state index in [4.69, 9.17) is 21.9 Å². The van der Waals surface area contributed by atoms with Crippen molar-refractivity contribution >= 4 is 17.5 Å². The number of hydrogen-bond donors (Lipinski definition) is 1. The average molecular weight is 223 g/mol. The molecule has 3 nitrogen and oxygen atoms in total. The Bertz CT molecular complexity index is 505. The van der Waals surface area contributed by atoms with Gasteiger partial charge in [0.15, 0.2) is 0 Å². The van der Waals surface area contributed by atoms with Crippen LogP contribution in [0.2, 0.25) is 5.02 Å². The molecule has 1 heterocycles. The number of aromatic nitrogens is 1. The molecule has 0 unspecified atom stereocenters. The second-order valence-corrected chi connectivity index (χ2v) is 3.88. The number of halogens is 1. The van der Waals surface area contributed by atoms with Gasteiger partial charge >= 0.3 is 0 Å². The van der Waals surface area contributed by atoms with Crippen LogP contribution >= 0.6 is 11.6 Å². The highest BCUT2D eigenvalue weighted by Crippen LogP contribution is 2.35. The Balaban J connectivity index is 2.72. The highest BCUT2D eigenvalue weighted by molar-refractivity contribution is 6.33. The maximum atomic E-state index is 6.14. The minimum absolute atomic E-state index is 0.297. The molecule has 0 atom stereocenters. The van der Waals surface area contributed by atoms with Crippen molar-refractivity contribution in [2.24, 2.45) is 0 Å². The maximum absolute atomic E-state index is 6.14. The van der Waals surface area contributed by atoms with Crippen molar-refractivity contribution in [1.29, 1.82) is 0 Å². The molecule has 2 rings (SSSR count). The van der Waals surface area contributed by atoms with Crippen molar-refractivity contribution in [2.45, 2.75) is 13.8 Å². The van der Waals surface area contributed by atoms with Gasteiger partial charge in [-0.25, -0.2) is 0 Å². The van der Waals surface area contributed by atoms with Crippen LogP contribution < -0.4 is 5.73 Å². The smallest absolute Gasteiger partial charge is 0.230 e. The number of nitrogen functional groups attached to an aromatic ring is 1. The van der Waals surface area contributed by atoms with Crippen LogP contribution in [0.15, 0.2) is 22.9 Å². The number of aryl methyl sites for hydroxylation is 1. The van der Waals surface area contributed by atoms with E-state index in [1.54, 1.807) is 6.20 Å². The van der Waals surface area contributed by atoms with Crippen LogP contribution in [0, 0.1) is 13.8 Å². The average Bonchev–Trinajstić information content (AvgIpc) is 2.60. The number of benzene rings is 1. The first-order valence-electron chi connectivity index (χ1n) is 4.57. The first kappa shape index (κ1) is 10.1. The van der Waals surface area contributed by atoms with Crippen molar-refractivity contribution in [3.63, 3.8) is 0 Å². The molecule has 4 heteroatoms. The van der Waals surface area contributed by atoms with E-state index >= 15 is 0 Å². The minimum Gasteiger partial charge on any atom is -0.367 e. The number of hydrogen-bond acceptors (Lipinski definition) is 3. The van der Waals surface area contributed by atoms with E-state index in [1.807, 2.05) is 26.0 Å². The lowest BCUT2D eigenvalue weighted by molar-refractivity contribution is 0.436. The largest absolute Gasteiger partial charge is 0.367 e. The van der Waals surface area contributed by atoms with Crippen molar-refractivity contribution in [2.75, 3.05) is 5.73 Å². The summed E-state index contributed by atoms with van der Waals surface area (Å²) >= 11 is 6.14. The Hall–Kier alpha value is -1.48. The number of anilines is 1. The molecule has 1 aromatic carbocycles. The van der Waals surface area contributed by atoms with Gasteiger partial charge in [0.2, 0.25) is 5.88 Å². The fraction of sp³-hybridized carbons (Fsp3) is 0.182. The lowest BCUT2D eigenvalue weighted by Gasteiger charge is -2.09. The molecule has 2 N–H and O–H groups in total. The Morgan fingerprint density at radius 1 is 1.33 bits per heavy atom. The normalized spacial score (nSPS) is 10.6. The second-order valence-electron chi connectivity index (χ2n) is 3.47. The summed E-state index contributed by atoms with van der Waals surface area (Å²) in [4.78, 5) is 0. The molecule has 0 fully saturated rings. The zero-order valence-corrected chi connectivity index (χ0v) is 9.30. The lowest BCUT2D eigenvalue weighted by Crippen LogP contribution is -1.91. The highest BCUT2D eigenvalue weighted by atomic mass is 35.5. The van der Waals surface area contributed by atoms with Crippen LogP contribution in [0.1, 0.15) is 11.1 Å². The molecule has 0 aliphatic heterocycles. The van der Waals surface area contributed by atoms with Gasteiger partial charge in [0, 0.05) is 10.6 Å². The summed E-state index contributed by atoms with van der Waals surface area (Å²) in [6.45, 7) is 4.03. The molecule has 0 bridgehead atoms. The monoisotopic (exact) mass is 222 g/mol. The van der Waals surface area contributed by atoms with Crippen LogP contribution in [0.5, 0.6) is 0 Å². The SMILES string of the molecule is Cc1ccc(Cl)c(-c2cnoc2N)c1C. The summed E-state index contributed by atoms with van der Waals surface area (Å²) in [6, 6.07) is 3.83. The topological polar surface area (TPSA) is 52.0 Å². The second kappa shape index (κ2) is 3.59. The van der Waals surface area contributed by atoms with Gasteiger partial charge in [0.05, 0.1) is 11.8 Å². The van der Waals surface area contributed by atoms with E-state index in [9.17, 15) is 0 Å². The Morgan fingerprint density at radius 3 is 2.67 bits per heavy atom. The van der Waals surface area contributed by atoms with Crippen LogP contribution in [0.4, 0.5) is 5.88 Å². The summed E-state index contributed by atoms with van der Waals surface area (Å²) in [5, 5.41) is 4.31. The molecule has 15 heavy (non-hydrogen) atoms. The van der Waals surface area contributed by atoms with Gasteiger partial charge in [0.25, 0.3) is 0 Å². The van der Waals surface area contributed by atoms with Gasteiger partial charge in [-0.05, 0) is 31.0 Å². The molecule has 0 saturated heterocycles. The van der Waals surface area contributed by atoms with E-state index in [-0.39, 0.29) is 0 Å². The summed E-state index contributed by atoms with van der Waals surface area (Å²) in [5.41, 5.74) is 9.58. The fourth-order valence-corrected chi connectivity index (χ4v) is 1.86. The third-order valence-corrected chi connectivity index (χ3v) is 2.87. The van der Waals surface area contributed by atoms with Crippen LogP contribution in [0.3, 0.4) is 0 Å². The van der Waals surface area contributed by atoms with E-state index < -0.39 is 0 Å². The van der Waals surface area contributed by atoms with Gasteiger partial charge in [-0.2, -0.15) is 0 Å². The molecule has 0 aliphatic rings. The number of nitrogens with zero attached hydrogens (tertiary/aromatic N) is 1. The first-order chi connectivity index (χ1) is 7.11. The predicted octanol–water partition coefficient (Wildman–Crippen LogP) is 3.19. The van der Waals surface area contributed by atoms with E-state index in [0.29, 0.717) is 10.9 Å². The van der Waals surface area contributed by atoms with Crippen molar-refractivity contribution in [3.05, 3.63) is 34.5 Å². The number of nitrogens with two attached hydrogens (primary N) is 1. The van der Waals surface area contributed by atoms with E-state index in [0.717, 1.165) is 22.3 Å². The fourth-order valence-electron chi connectivity index (χ4n) is 1.55. The standard InChI is InChI=1S/C11H11ClN2O/c1-6-3-4-9(12)10(7(6)2)8-5-14-15-11(8)13/h3-5H,13H2,1-2H3. The van der Waals surface area contributed by atoms with Gasteiger partial charge in [0.1, 0.15) is 0 Å². The van der Waals surface area contributed by atoms with Crippen molar-refractivity contribution in [1.82, 2.24) is 5.16 Å². The van der Waals surface area contributed by atoms with Crippen LogP contribution in [0.25, 0.3) is 11.1 Å². The lowest BCUT2D eigenvalue weighted by atomic mass is 9.99. The first-order valence-corrected chi connectivity index (χ1v) is 4.95. The summed E-state index contributed by atoms with van der Waals surface area (Å²) in [5.74, 6) is 0.297. The quantitative estimate of drug-likeness (QED) is 0.806. The molecule has 0 amide bonds. The minimum atomic E-state index is 0.297. The molecular formula is C11H11ClN2O. The zero-order valence-electron chi connectivity index (χ0n) is 8.54. The van der Waals surface area contributed by atoms with E-state index in [1.165, 1.54) is 0 Å². The molecule has 0 aliphatic carbocycles. The Morgan fingerprint density at radius 2 is 2.07 bits per heavy atom. The summed E-state index contributed by atoms with van der Waals surface area (Å²) in [7, 11) is 0. The van der Waals surface area contributed by atoms with Gasteiger partial charge in [-0.1, -0.05) is 22.8 Å². The molecular weight excluding hydrogens is 212 g/mol. The Kier molecular flexibility index (Phi) is 2.40. The summed E-state index contributed by atoms with van der Waals surface area (Å²) < 4.78 is 4.84. The van der Waals surface area contributed by atoms with E-state index in [2.05, 4.69) is 5.16 Å². The third-order valence-electron chi connectivity index (χ3n) is 2.55. The number of rotatable bonds is 1. The molecule has 1 aromatic heterocycles. The van der Waals surface area contributed by atoms with Crippen molar-refractivity contribution < 1.29 is 4.52 Å². The molecule has 0 saturated carbocycles. The molecule has 78 valence electrons. The highest BCUT2D eigenvalue weighted by Gasteiger charge is 2.14. The van der Waals surface area contributed by atoms with Crippen molar-refractivity contribution in [3.8, 4) is 11.1 Å².